The van der Waals surface area contributed by atoms with Gasteiger partial charge in [0, 0.05) is 42.7 Å². The number of rotatable bonds is 6. The lowest BCUT2D eigenvalue weighted by Gasteiger charge is -2.21. The number of esters is 1. The van der Waals surface area contributed by atoms with Crippen molar-refractivity contribution in [1.29, 1.82) is 0 Å². The minimum absolute atomic E-state index is 0.0624. The van der Waals surface area contributed by atoms with Gasteiger partial charge in [-0.25, -0.2) is 4.57 Å². The Kier molecular flexibility index (Phi) is 5.24. The number of nitrogens with two attached hydrogens (primary N) is 1. The van der Waals surface area contributed by atoms with Crippen LogP contribution in [0, 0.1) is 12.8 Å². The van der Waals surface area contributed by atoms with E-state index >= 15 is 0 Å². The molecule has 1 aliphatic rings. The highest BCUT2D eigenvalue weighted by Gasteiger charge is 2.33. The van der Waals surface area contributed by atoms with Crippen molar-refractivity contribution >= 4 is 22.7 Å². The molecule has 0 saturated carbocycles. The van der Waals surface area contributed by atoms with E-state index in [9.17, 15) is 9.59 Å². The van der Waals surface area contributed by atoms with Gasteiger partial charge in [0.1, 0.15) is 18.9 Å². The average Bonchev–Trinajstić information content (AvgIpc) is 3.21. The first-order valence-corrected chi connectivity index (χ1v) is 10.0. The fourth-order valence-electron chi connectivity index (χ4n) is 4.27. The van der Waals surface area contributed by atoms with Crippen LogP contribution in [-0.4, -0.2) is 27.4 Å². The number of nitrogens with zero attached hydrogens (tertiary/aromatic N) is 3. The summed E-state index contributed by atoms with van der Waals surface area (Å²) in [6, 6.07) is 8.11. The van der Waals surface area contributed by atoms with E-state index in [1.165, 1.54) is 0 Å². The minimum Gasteiger partial charge on any atom is -0.425 e. The Morgan fingerprint density at radius 2 is 2.14 bits per heavy atom. The lowest BCUT2D eigenvalue weighted by atomic mass is 9.85. The van der Waals surface area contributed by atoms with Gasteiger partial charge in [-0.3, -0.25) is 9.59 Å². The summed E-state index contributed by atoms with van der Waals surface area (Å²) < 4.78 is 11.3. The number of aryl methyl sites for hydroxylation is 1. The number of ether oxygens (including phenoxy) is 1. The molecule has 2 heterocycles. The number of hydrogen-bond acceptors (Lipinski definition) is 4. The summed E-state index contributed by atoms with van der Waals surface area (Å²) in [4.78, 5) is 24.9. The van der Waals surface area contributed by atoms with Gasteiger partial charge in [-0.05, 0) is 18.9 Å². The van der Waals surface area contributed by atoms with Gasteiger partial charge in [0.15, 0.2) is 5.78 Å². The normalized spacial score (nSPS) is 16.2. The third-order valence-corrected chi connectivity index (χ3v) is 5.96. The molecule has 1 unspecified atom stereocenters. The second kappa shape index (κ2) is 7.83. The number of aromatic nitrogens is 3. The number of hydrogen-bond donors (Lipinski definition) is 1. The van der Waals surface area contributed by atoms with Crippen LogP contribution < -0.4 is 10.3 Å². The molecule has 0 spiro atoms. The smallest absolute Gasteiger partial charge is 0.310 e. The lowest BCUT2D eigenvalue weighted by molar-refractivity contribution is -0.732. The maximum Gasteiger partial charge on any atom is 0.310 e. The molecule has 0 amide bonds. The molecule has 2 N–H and O–H groups in total. The van der Waals surface area contributed by atoms with E-state index in [0.29, 0.717) is 6.54 Å². The van der Waals surface area contributed by atoms with Gasteiger partial charge in [0.25, 0.3) is 5.82 Å². The number of carbonyl (C=O) groups excluding carboxylic acids is 2. The fraction of sp³-hybridized carbons (Fsp3) is 0.409. The Morgan fingerprint density at radius 3 is 2.93 bits per heavy atom. The number of para-hydroxylation sites is 1. The predicted octanol–water partition coefficient (Wildman–Crippen LogP) is 1.87. The van der Waals surface area contributed by atoms with Crippen LogP contribution in [0.4, 0.5) is 0 Å². The number of ketones is 1. The minimum atomic E-state index is -0.307. The van der Waals surface area contributed by atoms with Gasteiger partial charge in [0.2, 0.25) is 6.73 Å². The summed E-state index contributed by atoms with van der Waals surface area (Å²) in [5.41, 5.74) is 8.51. The first kappa shape index (κ1) is 19.4. The highest BCUT2D eigenvalue weighted by molar-refractivity contribution is 6.11. The first-order chi connectivity index (χ1) is 14.0. The van der Waals surface area contributed by atoms with Gasteiger partial charge >= 0.3 is 5.97 Å². The topological polar surface area (TPSA) is 83.1 Å². The zero-order valence-corrected chi connectivity index (χ0v) is 16.9. The summed E-state index contributed by atoms with van der Waals surface area (Å²) in [5, 5.41) is 1.05. The van der Waals surface area contributed by atoms with Crippen LogP contribution in [0.3, 0.4) is 0 Å². The maximum absolute atomic E-state index is 13.3. The Balaban J connectivity index is 1.53. The zero-order valence-electron chi connectivity index (χ0n) is 16.9. The van der Waals surface area contributed by atoms with E-state index in [1.807, 2.05) is 49.1 Å². The molecular weight excluding hydrogens is 368 g/mol. The SMILES string of the molecule is Cc1n(CC2CCc3c(c4ccccc4n3C)C2=O)cc[n+]1COC(=O)CCN. The number of Topliss-reactive ketones (excluding diaryl/α,β-unsaturated/α-hetero) is 1. The molecule has 1 aliphatic carbocycles. The molecule has 0 radical (unpaired) electrons. The Hall–Kier alpha value is -2.93. The second-order valence-electron chi connectivity index (χ2n) is 7.65. The van der Waals surface area contributed by atoms with Crippen molar-refractivity contribution in [2.45, 2.75) is 39.5 Å². The van der Waals surface area contributed by atoms with Gasteiger partial charge in [0.05, 0.1) is 12.3 Å². The molecule has 4 rings (SSSR count). The van der Waals surface area contributed by atoms with Crippen LogP contribution in [0.1, 0.15) is 34.7 Å². The molecule has 0 saturated heterocycles. The predicted molar refractivity (Wildman–Crippen MR) is 108 cm³/mol. The van der Waals surface area contributed by atoms with E-state index in [0.717, 1.165) is 40.8 Å². The monoisotopic (exact) mass is 395 g/mol. The summed E-state index contributed by atoms with van der Waals surface area (Å²) in [7, 11) is 2.04. The van der Waals surface area contributed by atoms with Crippen molar-refractivity contribution in [2.24, 2.45) is 18.7 Å². The summed E-state index contributed by atoms with van der Waals surface area (Å²) >= 11 is 0. The first-order valence-electron chi connectivity index (χ1n) is 10.0. The van der Waals surface area contributed by atoms with Crippen molar-refractivity contribution < 1.29 is 18.9 Å². The zero-order chi connectivity index (χ0) is 20.5. The Labute approximate surface area is 169 Å². The van der Waals surface area contributed by atoms with E-state index in [4.69, 9.17) is 10.5 Å². The molecule has 0 bridgehead atoms. The van der Waals surface area contributed by atoms with E-state index in [1.54, 1.807) is 0 Å². The van der Waals surface area contributed by atoms with Crippen molar-refractivity contribution in [3.05, 3.63) is 53.7 Å². The fourth-order valence-corrected chi connectivity index (χ4v) is 4.27. The van der Waals surface area contributed by atoms with Gasteiger partial charge < -0.3 is 15.0 Å². The lowest BCUT2D eigenvalue weighted by Crippen LogP contribution is -2.38. The highest BCUT2D eigenvalue weighted by Crippen LogP contribution is 2.34. The van der Waals surface area contributed by atoms with Gasteiger partial charge in [-0.1, -0.05) is 18.2 Å². The Bertz CT molecular complexity index is 1080. The summed E-state index contributed by atoms with van der Waals surface area (Å²) in [6.45, 7) is 3.03. The number of benzene rings is 1. The average molecular weight is 395 g/mol. The standard InChI is InChI=1S/C22H27N4O3/c1-15-25(11-12-26(15)14-29-20(27)9-10-23)13-16-7-8-19-21(22(16)28)17-5-3-4-6-18(17)24(19)2/h3-6,11-12,16H,7-10,13-14,23H2,1-2H3/q+1. The molecular formula is C22H27N4O3+. The van der Waals surface area contributed by atoms with Crippen LogP contribution in [0.5, 0.6) is 0 Å². The van der Waals surface area contributed by atoms with Crippen molar-refractivity contribution in [3.63, 3.8) is 0 Å². The number of carbonyl (C=O) groups is 2. The molecule has 2 aromatic heterocycles. The Morgan fingerprint density at radius 1 is 1.34 bits per heavy atom. The largest absolute Gasteiger partial charge is 0.425 e. The van der Waals surface area contributed by atoms with Crippen molar-refractivity contribution in [2.75, 3.05) is 6.54 Å². The molecule has 0 fully saturated rings. The molecule has 1 aromatic carbocycles. The summed E-state index contributed by atoms with van der Waals surface area (Å²) in [6.07, 6.45) is 5.76. The molecule has 152 valence electrons. The van der Waals surface area contributed by atoms with Crippen LogP contribution in [-0.2, 0) is 36.3 Å². The number of imidazole rings is 1. The molecule has 29 heavy (non-hydrogen) atoms. The van der Waals surface area contributed by atoms with E-state index in [-0.39, 0.29) is 37.4 Å². The number of fused-ring (bicyclic) bond motifs is 3. The van der Waals surface area contributed by atoms with Crippen LogP contribution in [0.15, 0.2) is 36.7 Å². The van der Waals surface area contributed by atoms with Gasteiger partial charge in [-0.2, -0.15) is 4.57 Å². The molecule has 0 aliphatic heterocycles. The summed E-state index contributed by atoms with van der Waals surface area (Å²) in [5.74, 6) is 0.796. The quantitative estimate of drug-likeness (QED) is 0.510. The molecule has 1 atom stereocenters. The third-order valence-electron chi connectivity index (χ3n) is 5.96. The molecule has 7 nitrogen and oxygen atoms in total. The third kappa shape index (κ3) is 3.46. The molecule has 3 aromatic rings. The van der Waals surface area contributed by atoms with Crippen LogP contribution in [0.25, 0.3) is 10.9 Å². The van der Waals surface area contributed by atoms with E-state index < -0.39 is 0 Å². The van der Waals surface area contributed by atoms with Crippen LogP contribution >= 0.6 is 0 Å². The van der Waals surface area contributed by atoms with Crippen molar-refractivity contribution in [3.8, 4) is 0 Å². The van der Waals surface area contributed by atoms with E-state index in [2.05, 4.69) is 15.2 Å². The second-order valence-corrected chi connectivity index (χ2v) is 7.65. The van der Waals surface area contributed by atoms with Crippen molar-refractivity contribution in [1.82, 2.24) is 9.13 Å². The molecule has 7 heteroatoms. The highest BCUT2D eigenvalue weighted by atomic mass is 16.5. The maximum atomic E-state index is 13.3. The van der Waals surface area contributed by atoms with Crippen LogP contribution in [0.2, 0.25) is 0 Å². The van der Waals surface area contributed by atoms with Gasteiger partial charge in [-0.15, -0.1) is 0 Å².